The van der Waals surface area contributed by atoms with E-state index in [0.29, 0.717) is 6.79 Å². The number of benzene rings is 1. The van der Waals surface area contributed by atoms with E-state index in [1.807, 2.05) is 43.4 Å². The summed E-state index contributed by atoms with van der Waals surface area (Å²) < 4.78 is 10.5. The van der Waals surface area contributed by atoms with Crippen molar-refractivity contribution in [3.8, 4) is 11.5 Å². The Hall–Kier alpha value is -1.74. The molecule has 2 rings (SSSR count). The van der Waals surface area contributed by atoms with Crippen LogP contribution in [0.1, 0.15) is 18.9 Å². The standard InChI is InChI=1S/C14H16O3/c1-2-12(15)6-4-3-5-11-7-8-13-14(9-11)17-10-16-13/h3-9,12,15H,2,10H2,1H3. The predicted molar refractivity (Wildman–Crippen MR) is 67.0 cm³/mol. The van der Waals surface area contributed by atoms with Gasteiger partial charge in [0.05, 0.1) is 6.10 Å². The van der Waals surface area contributed by atoms with Crippen molar-refractivity contribution >= 4 is 6.08 Å². The van der Waals surface area contributed by atoms with Crippen molar-refractivity contribution in [1.82, 2.24) is 0 Å². The average Bonchev–Trinajstić information content (AvgIpc) is 2.81. The molecule has 1 aromatic rings. The van der Waals surface area contributed by atoms with Crippen molar-refractivity contribution in [2.75, 3.05) is 6.79 Å². The molecule has 1 aliphatic heterocycles. The van der Waals surface area contributed by atoms with Gasteiger partial charge in [0.15, 0.2) is 11.5 Å². The number of fused-ring (bicyclic) bond motifs is 1. The fourth-order valence-electron chi connectivity index (χ4n) is 1.51. The molecule has 0 aliphatic carbocycles. The van der Waals surface area contributed by atoms with Gasteiger partial charge in [-0.1, -0.05) is 37.3 Å². The molecular weight excluding hydrogens is 216 g/mol. The molecule has 1 aromatic carbocycles. The third-order valence-corrected chi connectivity index (χ3v) is 2.55. The highest BCUT2D eigenvalue weighted by atomic mass is 16.7. The van der Waals surface area contributed by atoms with Crippen LogP contribution in [0.4, 0.5) is 0 Å². The van der Waals surface area contributed by atoms with Crippen LogP contribution in [-0.2, 0) is 0 Å². The second-order valence-corrected chi connectivity index (χ2v) is 3.83. The zero-order chi connectivity index (χ0) is 12.1. The molecule has 1 heterocycles. The number of ether oxygens (including phenoxy) is 2. The smallest absolute Gasteiger partial charge is 0.231 e. The zero-order valence-electron chi connectivity index (χ0n) is 9.80. The highest BCUT2D eigenvalue weighted by Gasteiger charge is 2.11. The number of hydrogen-bond donors (Lipinski definition) is 1. The average molecular weight is 232 g/mol. The molecule has 0 spiro atoms. The lowest BCUT2D eigenvalue weighted by molar-refractivity contribution is 0.174. The van der Waals surface area contributed by atoms with E-state index in [-0.39, 0.29) is 6.10 Å². The lowest BCUT2D eigenvalue weighted by Gasteiger charge is -1.98. The van der Waals surface area contributed by atoms with Gasteiger partial charge in [-0.15, -0.1) is 0 Å². The molecule has 0 aromatic heterocycles. The Kier molecular flexibility index (Phi) is 3.83. The van der Waals surface area contributed by atoms with Crippen LogP contribution in [0.25, 0.3) is 6.08 Å². The van der Waals surface area contributed by atoms with Crippen LogP contribution in [0.5, 0.6) is 11.5 Å². The highest BCUT2D eigenvalue weighted by molar-refractivity contribution is 5.57. The molecule has 0 radical (unpaired) electrons. The van der Waals surface area contributed by atoms with Crippen molar-refractivity contribution in [2.24, 2.45) is 0 Å². The summed E-state index contributed by atoms with van der Waals surface area (Å²) >= 11 is 0. The number of aliphatic hydroxyl groups is 1. The third-order valence-electron chi connectivity index (χ3n) is 2.55. The minimum Gasteiger partial charge on any atom is -0.454 e. The quantitative estimate of drug-likeness (QED) is 0.811. The normalized spacial score (nSPS) is 15.9. The van der Waals surface area contributed by atoms with Crippen LogP contribution in [-0.4, -0.2) is 18.0 Å². The molecule has 0 bridgehead atoms. The Morgan fingerprint density at radius 2 is 2.12 bits per heavy atom. The van der Waals surface area contributed by atoms with E-state index in [2.05, 4.69) is 0 Å². The third kappa shape index (κ3) is 3.11. The van der Waals surface area contributed by atoms with Gasteiger partial charge in [-0.2, -0.15) is 0 Å². The Bertz CT molecular complexity index is 435. The number of rotatable bonds is 4. The fourth-order valence-corrected chi connectivity index (χ4v) is 1.51. The summed E-state index contributed by atoms with van der Waals surface area (Å²) in [5.41, 5.74) is 1.05. The van der Waals surface area contributed by atoms with Crippen molar-refractivity contribution in [2.45, 2.75) is 19.4 Å². The van der Waals surface area contributed by atoms with Crippen LogP contribution in [0.3, 0.4) is 0 Å². The van der Waals surface area contributed by atoms with Gasteiger partial charge >= 0.3 is 0 Å². The minimum atomic E-state index is -0.364. The van der Waals surface area contributed by atoms with Crippen LogP contribution >= 0.6 is 0 Å². The monoisotopic (exact) mass is 232 g/mol. The predicted octanol–water partition coefficient (Wildman–Crippen LogP) is 2.76. The SMILES string of the molecule is CCC(O)C=CC=Cc1ccc2c(c1)OCO2. The van der Waals surface area contributed by atoms with Crippen LogP contribution in [0, 0.1) is 0 Å². The molecule has 0 amide bonds. The van der Waals surface area contributed by atoms with Crippen LogP contribution in [0.15, 0.2) is 36.4 Å². The minimum absolute atomic E-state index is 0.297. The first-order valence-corrected chi connectivity index (χ1v) is 5.72. The van der Waals surface area contributed by atoms with Crippen LogP contribution in [0.2, 0.25) is 0 Å². The molecule has 3 heteroatoms. The van der Waals surface area contributed by atoms with Gasteiger partial charge in [-0.3, -0.25) is 0 Å². The zero-order valence-corrected chi connectivity index (χ0v) is 9.80. The number of aliphatic hydroxyl groups excluding tert-OH is 1. The molecule has 90 valence electrons. The van der Waals surface area contributed by atoms with Crippen molar-refractivity contribution in [3.05, 3.63) is 42.0 Å². The van der Waals surface area contributed by atoms with Crippen molar-refractivity contribution < 1.29 is 14.6 Å². The first kappa shape index (κ1) is 11.7. The van der Waals surface area contributed by atoms with Crippen molar-refractivity contribution in [1.29, 1.82) is 0 Å². The first-order chi connectivity index (χ1) is 8.29. The summed E-state index contributed by atoms with van der Waals surface area (Å²) in [6, 6.07) is 5.80. The van der Waals surface area contributed by atoms with E-state index >= 15 is 0 Å². The van der Waals surface area contributed by atoms with Gasteiger partial charge in [-0.25, -0.2) is 0 Å². The second-order valence-electron chi connectivity index (χ2n) is 3.83. The molecule has 1 aliphatic rings. The number of hydrogen-bond acceptors (Lipinski definition) is 3. The van der Waals surface area contributed by atoms with Gasteiger partial charge < -0.3 is 14.6 Å². The second kappa shape index (κ2) is 5.55. The largest absolute Gasteiger partial charge is 0.454 e. The van der Waals surface area contributed by atoms with Gasteiger partial charge in [0.1, 0.15) is 0 Å². The highest BCUT2D eigenvalue weighted by Crippen LogP contribution is 2.32. The van der Waals surface area contributed by atoms with Crippen molar-refractivity contribution in [3.63, 3.8) is 0 Å². The molecule has 1 N–H and O–H groups in total. The Balaban J connectivity index is 1.99. The lowest BCUT2D eigenvalue weighted by atomic mass is 10.2. The van der Waals surface area contributed by atoms with Gasteiger partial charge in [-0.05, 0) is 24.1 Å². The molecule has 0 saturated carbocycles. The molecular formula is C14H16O3. The maximum atomic E-state index is 9.32. The van der Waals surface area contributed by atoms with E-state index in [4.69, 9.17) is 9.47 Å². The summed E-state index contributed by atoms with van der Waals surface area (Å²) in [7, 11) is 0. The summed E-state index contributed by atoms with van der Waals surface area (Å²) in [6.07, 6.45) is 7.84. The molecule has 17 heavy (non-hydrogen) atoms. The van der Waals surface area contributed by atoms with E-state index in [0.717, 1.165) is 23.5 Å². The Morgan fingerprint density at radius 1 is 1.29 bits per heavy atom. The lowest BCUT2D eigenvalue weighted by Crippen LogP contribution is -1.97. The van der Waals surface area contributed by atoms with Gasteiger partial charge in [0.2, 0.25) is 6.79 Å². The molecule has 0 saturated heterocycles. The van der Waals surface area contributed by atoms with Gasteiger partial charge in [0, 0.05) is 0 Å². The Labute approximate surface area is 101 Å². The topological polar surface area (TPSA) is 38.7 Å². The molecule has 1 unspecified atom stereocenters. The maximum Gasteiger partial charge on any atom is 0.231 e. The fraction of sp³-hybridized carbons (Fsp3) is 0.286. The van der Waals surface area contributed by atoms with Crippen LogP contribution < -0.4 is 9.47 Å². The van der Waals surface area contributed by atoms with Gasteiger partial charge in [0.25, 0.3) is 0 Å². The summed E-state index contributed by atoms with van der Waals surface area (Å²) in [4.78, 5) is 0. The molecule has 3 nitrogen and oxygen atoms in total. The first-order valence-electron chi connectivity index (χ1n) is 5.72. The van der Waals surface area contributed by atoms with E-state index < -0.39 is 0 Å². The van der Waals surface area contributed by atoms with E-state index in [1.165, 1.54) is 0 Å². The number of allylic oxidation sites excluding steroid dienone is 2. The van der Waals surface area contributed by atoms with E-state index in [9.17, 15) is 5.11 Å². The maximum absolute atomic E-state index is 9.32. The Morgan fingerprint density at radius 3 is 2.94 bits per heavy atom. The summed E-state index contributed by atoms with van der Waals surface area (Å²) in [5.74, 6) is 1.57. The summed E-state index contributed by atoms with van der Waals surface area (Å²) in [6.45, 7) is 2.24. The molecule has 0 fully saturated rings. The van der Waals surface area contributed by atoms with E-state index in [1.54, 1.807) is 6.08 Å². The summed E-state index contributed by atoms with van der Waals surface area (Å²) in [5, 5.41) is 9.32. The molecule has 1 atom stereocenters.